The lowest BCUT2D eigenvalue weighted by Crippen LogP contribution is -2.22. The van der Waals surface area contributed by atoms with Gasteiger partial charge in [0, 0.05) is 0 Å². The van der Waals surface area contributed by atoms with Crippen LogP contribution in [0.25, 0.3) is 0 Å². The fourth-order valence-electron chi connectivity index (χ4n) is 4.24. The molecule has 0 aromatic heterocycles. The molecular formula is C24H27F5O. The third-order valence-corrected chi connectivity index (χ3v) is 5.99. The van der Waals surface area contributed by atoms with Crippen LogP contribution in [0.1, 0.15) is 63.0 Å². The summed E-state index contributed by atoms with van der Waals surface area (Å²) in [5.41, 5.74) is -0.0538. The minimum absolute atomic E-state index is 0.131. The summed E-state index contributed by atoms with van der Waals surface area (Å²) in [6.07, 6.45) is 5.61. The molecule has 6 heteroatoms. The van der Waals surface area contributed by atoms with E-state index in [1.54, 1.807) is 12.1 Å². The van der Waals surface area contributed by atoms with Gasteiger partial charge in [-0.05, 0) is 54.5 Å². The van der Waals surface area contributed by atoms with E-state index in [1.807, 2.05) is 0 Å². The molecule has 1 fully saturated rings. The molecule has 0 radical (unpaired) electrons. The molecule has 0 spiro atoms. The standard InChI is InChI=1S/C24H27F5O/c1-2-3-16-4-6-17(7-5-16)8-9-18-10-12-20(13-11-18)30-24(28,29)19-14-21(25)23(27)22(26)15-19/h10-17H,2-9H2,1H3/t16-,17-. The first-order chi connectivity index (χ1) is 14.3. The molecule has 30 heavy (non-hydrogen) atoms. The average Bonchev–Trinajstić information content (AvgIpc) is 2.72. The van der Waals surface area contributed by atoms with Crippen molar-refractivity contribution < 1.29 is 26.7 Å². The molecule has 3 rings (SSSR count). The molecule has 0 bridgehead atoms. The first-order valence-electron chi connectivity index (χ1n) is 10.6. The molecule has 164 valence electrons. The summed E-state index contributed by atoms with van der Waals surface area (Å²) in [5.74, 6) is -3.72. The predicted molar refractivity (Wildman–Crippen MR) is 106 cm³/mol. The molecule has 1 nitrogen and oxygen atoms in total. The topological polar surface area (TPSA) is 9.23 Å². The van der Waals surface area contributed by atoms with Crippen molar-refractivity contribution in [1.29, 1.82) is 0 Å². The SMILES string of the molecule is CCC[C@H]1CC[C@H](CCc2ccc(OC(F)(F)c3cc(F)c(F)c(F)c3)cc2)CC1. The number of halogens is 5. The second-order valence-electron chi connectivity index (χ2n) is 8.23. The summed E-state index contributed by atoms with van der Waals surface area (Å²) < 4.78 is 72.6. The maximum absolute atomic E-state index is 14.2. The summed E-state index contributed by atoms with van der Waals surface area (Å²) in [7, 11) is 0. The van der Waals surface area contributed by atoms with E-state index in [0.29, 0.717) is 5.92 Å². The highest BCUT2D eigenvalue weighted by Crippen LogP contribution is 2.35. The molecule has 1 aliphatic rings. The molecule has 0 aliphatic heterocycles. The normalized spacial score (nSPS) is 19.7. The van der Waals surface area contributed by atoms with Gasteiger partial charge in [-0.3, -0.25) is 0 Å². The highest BCUT2D eigenvalue weighted by atomic mass is 19.3. The Kier molecular flexibility index (Phi) is 7.37. The largest absolute Gasteiger partial charge is 0.429 e. The Balaban J connectivity index is 1.54. The first kappa shape index (κ1) is 22.6. The van der Waals surface area contributed by atoms with Gasteiger partial charge in [-0.2, -0.15) is 8.78 Å². The van der Waals surface area contributed by atoms with Gasteiger partial charge in [0.2, 0.25) is 0 Å². The smallest absolute Gasteiger partial charge is 0.426 e. The Morgan fingerprint density at radius 2 is 1.40 bits per heavy atom. The highest BCUT2D eigenvalue weighted by molar-refractivity contribution is 5.29. The van der Waals surface area contributed by atoms with Crippen molar-refractivity contribution in [1.82, 2.24) is 0 Å². The van der Waals surface area contributed by atoms with Crippen LogP contribution in [0.4, 0.5) is 22.0 Å². The number of ether oxygens (including phenoxy) is 1. The number of benzene rings is 2. The van der Waals surface area contributed by atoms with E-state index in [-0.39, 0.29) is 17.9 Å². The van der Waals surface area contributed by atoms with Gasteiger partial charge in [0.1, 0.15) is 5.75 Å². The minimum atomic E-state index is -3.99. The fraction of sp³-hybridized carbons (Fsp3) is 0.500. The van der Waals surface area contributed by atoms with Crippen LogP contribution < -0.4 is 4.74 Å². The lowest BCUT2D eigenvalue weighted by molar-refractivity contribution is -0.185. The number of aryl methyl sites for hydroxylation is 1. The van der Waals surface area contributed by atoms with Crippen LogP contribution in [0.3, 0.4) is 0 Å². The predicted octanol–water partition coefficient (Wildman–Crippen LogP) is 7.77. The Bertz CT molecular complexity index is 803. The van der Waals surface area contributed by atoms with Crippen LogP contribution in [0.2, 0.25) is 0 Å². The molecule has 0 saturated heterocycles. The van der Waals surface area contributed by atoms with Crippen molar-refractivity contribution in [3.05, 3.63) is 65.0 Å². The van der Waals surface area contributed by atoms with Gasteiger partial charge in [-0.15, -0.1) is 0 Å². The third kappa shape index (κ3) is 5.73. The number of hydrogen-bond donors (Lipinski definition) is 0. The van der Waals surface area contributed by atoms with E-state index in [9.17, 15) is 22.0 Å². The van der Waals surface area contributed by atoms with Crippen molar-refractivity contribution >= 4 is 0 Å². The fourth-order valence-corrected chi connectivity index (χ4v) is 4.24. The Morgan fingerprint density at radius 1 is 0.867 bits per heavy atom. The van der Waals surface area contributed by atoms with Gasteiger partial charge in [-0.25, -0.2) is 13.2 Å². The average molecular weight is 426 g/mol. The third-order valence-electron chi connectivity index (χ3n) is 5.99. The maximum atomic E-state index is 14.2. The molecule has 0 unspecified atom stereocenters. The monoisotopic (exact) mass is 426 g/mol. The van der Waals surface area contributed by atoms with Gasteiger partial charge in [0.15, 0.2) is 17.5 Å². The summed E-state index contributed by atoms with van der Waals surface area (Å²) in [6, 6.07) is 6.75. The maximum Gasteiger partial charge on any atom is 0.426 e. The van der Waals surface area contributed by atoms with Crippen LogP contribution in [-0.4, -0.2) is 0 Å². The summed E-state index contributed by atoms with van der Waals surface area (Å²) in [4.78, 5) is 0. The van der Waals surface area contributed by atoms with Crippen LogP contribution in [-0.2, 0) is 12.5 Å². The molecule has 2 aromatic rings. The molecule has 2 aromatic carbocycles. The molecule has 0 atom stereocenters. The van der Waals surface area contributed by atoms with Crippen molar-refractivity contribution in [2.45, 2.75) is 64.4 Å². The van der Waals surface area contributed by atoms with Gasteiger partial charge >= 0.3 is 6.11 Å². The minimum Gasteiger partial charge on any atom is -0.429 e. The number of rotatable bonds is 8. The summed E-state index contributed by atoms with van der Waals surface area (Å²) >= 11 is 0. The Labute approximate surface area is 174 Å². The van der Waals surface area contributed by atoms with E-state index < -0.39 is 29.1 Å². The van der Waals surface area contributed by atoms with Crippen LogP contribution in [0.5, 0.6) is 5.75 Å². The summed E-state index contributed by atoms with van der Waals surface area (Å²) in [5, 5.41) is 0. The second kappa shape index (κ2) is 9.80. The second-order valence-corrected chi connectivity index (χ2v) is 8.23. The van der Waals surface area contributed by atoms with Crippen LogP contribution >= 0.6 is 0 Å². The molecule has 0 heterocycles. The molecule has 0 N–H and O–H groups in total. The quantitative estimate of drug-likeness (QED) is 0.309. The van der Waals surface area contributed by atoms with Crippen molar-refractivity contribution in [3.8, 4) is 5.75 Å². The zero-order valence-electron chi connectivity index (χ0n) is 17.1. The number of alkyl halides is 2. The van der Waals surface area contributed by atoms with Crippen LogP contribution in [0, 0.1) is 29.3 Å². The molecule has 1 aliphatic carbocycles. The zero-order valence-corrected chi connectivity index (χ0v) is 17.1. The Hall–Kier alpha value is -2.11. The molecule has 0 amide bonds. The molecular weight excluding hydrogens is 399 g/mol. The van der Waals surface area contributed by atoms with E-state index in [0.717, 1.165) is 24.3 Å². The lowest BCUT2D eigenvalue weighted by Gasteiger charge is -2.28. The first-order valence-corrected chi connectivity index (χ1v) is 10.6. The van der Waals surface area contributed by atoms with E-state index in [1.165, 1.54) is 50.7 Å². The van der Waals surface area contributed by atoms with Gasteiger partial charge < -0.3 is 4.74 Å². The Morgan fingerprint density at radius 3 is 1.93 bits per heavy atom. The van der Waals surface area contributed by atoms with Gasteiger partial charge in [0.25, 0.3) is 0 Å². The van der Waals surface area contributed by atoms with E-state index in [4.69, 9.17) is 0 Å². The van der Waals surface area contributed by atoms with Crippen molar-refractivity contribution in [2.75, 3.05) is 0 Å². The van der Waals surface area contributed by atoms with Crippen LogP contribution in [0.15, 0.2) is 36.4 Å². The van der Waals surface area contributed by atoms with Crippen molar-refractivity contribution in [2.24, 2.45) is 11.8 Å². The molecule has 1 saturated carbocycles. The zero-order chi connectivity index (χ0) is 21.7. The highest BCUT2D eigenvalue weighted by Gasteiger charge is 2.36. The van der Waals surface area contributed by atoms with Crippen molar-refractivity contribution in [3.63, 3.8) is 0 Å². The number of hydrogen-bond acceptors (Lipinski definition) is 1. The van der Waals surface area contributed by atoms with E-state index >= 15 is 0 Å². The lowest BCUT2D eigenvalue weighted by atomic mass is 9.78. The van der Waals surface area contributed by atoms with E-state index in [2.05, 4.69) is 11.7 Å². The summed E-state index contributed by atoms with van der Waals surface area (Å²) in [6.45, 7) is 2.23. The van der Waals surface area contributed by atoms with Gasteiger partial charge in [0.05, 0.1) is 5.56 Å². The van der Waals surface area contributed by atoms with Gasteiger partial charge in [-0.1, -0.05) is 57.6 Å².